The number of piperazine rings is 1. The second-order valence-electron chi connectivity index (χ2n) is 6.24. The molecule has 4 heteroatoms. The molecule has 2 aromatic rings. The average Bonchev–Trinajstić information content (AvgIpc) is 2.62. The molecule has 1 aliphatic rings. The first kappa shape index (κ1) is 16.8. The minimum absolute atomic E-state index is 0.827. The number of rotatable bonds is 3. The molecule has 0 bridgehead atoms. The number of nitrogens with zero attached hydrogens (tertiary/aromatic N) is 2. The number of hydrogen-bond acceptors (Lipinski definition) is 2. The summed E-state index contributed by atoms with van der Waals surface area (Å²) in [6.07, 6.45) is 1.04. The highest BCUT2D eigenvalue weighted by Gasteiger charge is 2.20. The first-order valence-electron chi connectivity index (χ1n) is 8.63. The Labute approximate surface area is 150 Å². The van der Waals surface area contributed by atoms with Crippen molar-refractivity contribution in [1.82, 2.24) is 4.90 Å². The molecule has 0 atom stereocenters. The lowest BCUT2D eigenvalue weighted by molar-refractivity contribution is 0.390. The molecule has 1 fully saturated rings. The van der Waals surface area contributed by atoms with Gasteiger partial charge in [-0.15, -0.1) is 0 Å². The zero-order valence-electron chi connectivity index (χ0n) is 14.5. The molecular weight excluding hydrogens is 314 g/mol. The fraction of sp³-hybridized carbons (Fsp3) is 0.350. The van der Waals surface area contributed by atoms with E-state index in [-0.39, 0.29) is 0 Å². The lowest BCUT2D eigenvalue weighted by Gasteiger charge is -2.38. The Morgan fingerprint density at radius 1 is 1.04 bits per heavy atom. The highest BCUT2D eigenvalue weighted by molar-refractivity contribution is 7.80. The first-order valence-corrected chi connectivity index (χ1v) is 9.03. The Hall–Kier alpha value is -2.07. The van der Waals surface area contributed by atoms with Crippen LogP contribution in [0.5, 0.6) is 0 Å². The van der Waals surface area contributed by atoms with Crippen molar-refractivity contribution in [3.05, 3.63) is 59.7 Å². The zero-order valence-corrected chi connectivity index (χ0v) is 15.3. The van der Waals surface area contributed by atoms with Crippen LogP contribution in [0.15, 0.2) is 48.5 Å². The van der Waals surface area contributed by atoms with Crippen LogP contribution in [0.1, 0.15) is 18.1 Å². The van der Waals surface area contributed by atoms with Crippen molar-refractivity contribution in [2.24, 2.45) is 0 Å². The Bertz CT molecular complexity index is 706. The Kier molecular flexibility index (Phi) is 5.36. The fourth-order valence-corrected chi connectivity index (χ4v) is 3.44. The smallest absolute Gasteiger partial charge is 0.173 e. The Morgan fingerprint density at radius 2 is 1.79 bits per heavy atom. The minimum Gasteiger partial charge on any atom is -0.368 e. The summed E-state index contributed by atoms with van der Waals surface area (Å²) >= 11 is 5.61. The van der Waals surface area contributed by atoms with Gasteiger partial charge in [0.15, 0.2) is 5.11 Å². The number of nitrogens with one attached hydrogen (secondary N) is 1. The number of hydrogen-bond donors (Lipinski definition) is 1. The molecule has 0 amide bonds. The number of para-hydroxylation sites is 1. The molecule has 0 saturated carbocycles. The van der Waals surface area contributed by atoms with E-state index >= 15 is 0 Å². The maximum Gasteiger partial charge on any atom is 0.173 e. The highest BCUT2D eigenvalue weighted by atomic mass is 32.1. The zero-order chi connectivity index (χ0) is 16.9. The van der Waals surface area contributed by atoms with Crippen molar-refractivity contribution in [3.63, 3.8) is 0 Å². The summed E-state index contributed by atoms with van der Waals surface area (Å²) in [7, 11) is 0. The van der Waals surface area contributed by atoms with Crippen LogP contribution in [0.25, 0.3) is 0 Å². The molecule has 1 N–H and O–H groups in total. The molecular formula is C20H25N3S. The van der Waals surface area contributed by atoms with Gasteiger partial charge in [-0.3, -0.25) is 0 Å². The van der Waals surface area contributed by atoms with E-state index in [9.17, 15) is 0 Å². The SMILES string of the molecule is CCc1cccc(NC(=S)N2CCN(c3ccccc3C)CC2)c1. The van der Waals surface area contributed by atoms with E-state index in [2.05, 4.69) is 77.5 Å². The molecule has 3 rings (SSSR count). The third kappa shape index (κ3) is 3.88. The van der Waals surface area contributed by atoms with Gasteiger partial charge in [0.05, 0.1) is 0 Å². The van der Waals surface area contributed by atoms with E-state index in [4.69, 9.17) is 12.2 Å². The van der Waals surface area contributed by atoms with Gasteiger partial charge in [-0.25, -0.2) is 0 Å². The molecule has 126 valence electrons. The molecule has 1 aliphatic heterocycles. The lowest BCUT2D eigenvalue weighted by atomic mass is 10.1. The molecule has 0 unspecified atom stereocenters. The fourth-order valence-electron chi connectivity index (χ4n) is 3.14. The molecule has 0 spiro atoms. The van der Waals surface area contributed by atoms with E-state index in [1.807, 2.05) is 0 Å². The monoisotopic (exact) mass is 339 g/mol. The third-order valence-corrected chi connectivity index (χ3v) is 4.97. The van der Waals surface area contributed by atoms with Crippen molar-refractivity contribution in [2.75, 3.05) is 36.4 Å². The third-order valence-electron chi connectivity index (χ3n) is 4.61. The Balaban J connectivity index is 1.58. The van der Waals surface area contributed by atoms with Gasteiger partial charge in [-0.2, -0.15) is 0 Å². The van der Waals surface area contributed by atoms with Crippen molar-refractivity contribution in [3.8, 4) is 0 Å². The molecule has 0 aromatic heterocycles. The van der Waals surface area contributed by atoms with Crippen molar-refractivity contribution < 1.29 is 0 Å². The van der Waals surface area contributed by atoms with Gasteiger partial charge in [-0.05, 0) is 54.9 Å². The van der Waals surface area contributed by atoms with Gasteiger partial charge in [0.25, 0.3) is 0 Å². The van der Waals surface area contributed by atoms with Gasteiger partial charge in [0.1, 0.15) is 0 Å². The predicted molar refractivity (Wildman–Crippen MR) is 107 cm³/mol. The predicted octanol–water partition coefficient (Wildman–Crippen LogP) is 4.08. The van der Waals surface area contributed by atoms with Crippen molar-refractivity contribution in [1.29, 1.82) is 0 Å². The summed E-state index contributed by atoms with van der Waals surface area (Å²) in [5.41, 5.74) is 5.09. The number of aryl methyl sites for hydroxylation is 2. The molecule has 3 nitrogen and oxygen atoms in total. The van der Waals surface area contributed by atoms with Crippen LogP contribution in [0.2, 0.25) is 0 Å². The maximum atomic E-state index is 5.61. The molecule has 1 heterocycles. The van der Waals surface area contributed by atoms with Gasteiger partial charge in [-0.1, -0.05) is 37.3 Å². The normalized spacial score (nSPS) is 14.6. The van der Waals surface area contributed by atoms with Crippen LogP contribution >= 0.6 is 12.2 Å². The Morgan fingerprint density at radius 3 is 2.50 bits per heavy atom. The summed E-state index contributed by atoms with van der Waals surface area (Å²) in [4.78, 5) is 4.72. The second-order valence-corrected chi connectivity index (χ2v) is 6.63. The van der Waals surface area contributed by atoms with Gasteiger partial charge < -0.3 is 15.1 Å². The summed E-state index contributed by atoms with van der Waals surface area (Å²) in [6, 6.07) is 17.1. The van der Waals surface area contributed by atoms with E-state index in [0.29, 0.717) is 0 Å². The van der Waals surface area contributed by atoms with E-state index in [1.165, 1.54) is 16.8 Å². The topological polar surface area (TPSA) is 18.5 Å². The minimum atomic E-state index is 0.827. The first-order chi connectivity index (χ1) is 11.7. The summed E-state index contributed by atoms with van der Waals surface area (Å²) in [5.74, 6) is 0. The van der Waals surface area contributed by atoms with Crippen LogP contribution in [-0.2, 0) is 6.42 Å². The second kappa shape index (κ2) is 7.67. The van der Waals surface area contributed by atoms with E-state index in [0.717, 1.165) is 43.4 Å². The number of anilines is 2. The van der Waals surface area contributed by atoms with E-state index in [1.54, 1.807) is 0 Å². The number of thiocarbonyl (C=S) groups is 1. The molecule has 2 aromatic carbocycles. The summed E-state index contributed by atoms with van der Waals surface area (Å²) in [6.45, 7) is 8.25. The van der Waals surface area contributed by atoms with Crippen LogP contribution < -0.4 is 10.2 Å². The molecule has 24 heavy (non-hydrogen) atoms. The van der Waals surface area contributed by atoms with Crippen LogP contribution in [-0.4, -0.2) is 36.2 Å². The largest absolute Gasteiger partial charge is 0.368 e. The average molecular weight is 340 g/mol. The van der Waals surface area contributed by atoms with Crippen LogP contribution in [0.4, 0.5) is 11.4 Å². The van der Waals surface area contributed by atoms with Gasteiger partial charge in [0, 0.05) is 37.6 Å². The maximum absolute atomic E-state index is 5.61. The van der Waals surface area contributed by atoms with Crippen molar-refractivity contribution >= 4 is 28.7 Å². The van der Waals surface area contributed by atoms with Crippen molar-refractivity contribution in [2.45, 2.75) is 20.3 Å². The molecule has 1 saturated heterocycles. The summed E-state index contributed by atoms with van der Waals surface area (Å²) < 4.78 is 0. The molecule has 0 radical (unpaired) electrons. The highest BCUT2D eigenvalue weighted by Crippen LogP contribution is 2.21. The van der Waals surface area contributed by atoms with Crippen LogP contribution in [0, 0.1) is 6.92 Å². The van der Waals surface area contributed by atoms with Gasteiger partial charge in [0.2, 0.25) is 0 Å². The number of benzene rings is 2. The van der Waals surface area contributed by atoms with E-state index < -0.39 is 0 Å². The van der Waals surface area contributed by atoms with Crippen LogP contribution in [0.3, 0.4) is 0 Å². The molecule has 0 aliphatic carbocycles. The quantitative estimate of drug-likeness (QED) is 0.849. The standard InChI is InChI=1S/C20H25N3S/c1-3-17-8-6-9-18(15-17)21-20(24)23-13-11-22(12-14-23)19-10-5-4-7-16(19)2/h4-10,15H,3,11-14H2,1-2H3,(H,21,24). The lowest BCUT2D eigenvalue weighted by Crippen LogP contribution is -2.50. The van der Waals surface area contributed by atoms with Gasteiger partial charge >= 0.3 is 0 Å². The summed E-state index contributed by atoms with van der Waals surface area (Å²) in [5, 5.41) is 4.22.